The molecule has 0 aliphatic rings. The number of hydrogen-bond acceptors (Lipinski definition) is 5. The number of methoxy groups -OCH3 is 2. The lowest BCUT2D eigenvalue weighted by atomic mass is 10.0. The molecule has 0 atom stereocenters. The van der Waals surface area contributed by atoms with Gasteiger partial charge in [-0.15, -0.1) is 0 Å². The third-order valence-electron chi connectivity index (χ3n) is 6.38. The Kier molecular flexibility index (Phi) is 8.67. The Morgan fingerprint density at radius 1 is 0.946 bits per heavy atom. The number of nitrogens with zero attached hydrogens (tertiary/aromatic N) is 2. The van der Waals surface area contributed by atoms with Crippen LogP contribution in [0.15, 0.2) is 66.7 Å². The molecular formula is C30H35N3O4. The van der Waals surface area contributed by atoms with E-state index in [0.717, 1.165) is 42.0 Å². The molecule has 194 valence electrons. The molecule has 0 unspecified atom stereocenters. The highest BCUT2D eigenvalue weighted by Gasteiger charge is 2.14. The highest BCUT2D eigenvalue weighted by atomic mass is 16.5. The third-order valence-corrected chi connectivity index (χ3v) is 6.38. The van der Waals surface area contributed by atoms with Crippen molar-refractivity contribution in [2.45, 2.75) is 45.7 Å². The summed E-state index contributed by atoms with van der Waals surface area (Å²) in [5.41, 5.74) is 3.78. The minimum Gasteiger partial charge on any atom is -0.494 e. The van der Waals surface area contributed by atoms with Gasteiger partial charge in [-0.05, 0) is 66.8 Å². The van der Waals surface area contributed by atoms with Gasteiger partial charge in [0.25, 0.3) is 5.91 Å². The van der Waals surface area contributed by atoms with Crippen LogP contribution in [0, 0.1) is 0 Å². The van der Waals surface area contributed by atoms with Crippen LogP contribution < -0.4 is 19.5 Å². The van der Waals surface area contributed by atoms with Crippen molar-refractivity contribution in [2.24, 2.45) is 0 Å². The fourth-order valence-corrected chi connectivity index (χ4v) is 4.26. The summed E-state index contributed by atoms with van der Waals surface area (Å²) in [5.74, 6) is 3.13. The lowest BCUT2D eigenvalue weighted by molar-refractivity contribution is 0.0949. The van der Waals surface area contributed by atoms with E-state index < -0.39 is 0 Å². The van der Waals surface area contributed by atoms with Crippen LogP contribution in [0.25, 0.3) is 11.0 Å². The molecule has 3 aromatic carbocycles. The molecule has 0 aliphatic carbocycles. The van der Waals surface area contributed by atoms with Crippen LogP contribution in [0.2, 0.25) is 0 Å². The van der Waals surface area contributed by atoms with Gasteiger partial charge < -0.3 is 24.1 Å². The van der Waals surface area contributed by atoms with Gasteiger partial charge in [0.05, 0.1) is 38.4 Å². The summed E-state index contributed by atoms with van der Waals surface area (Å²) in [6.45, 7) is 6.13. The van der Waals surface area contributed by atoms with Crippen molar-refractivity contribution < 1.29 is 19.0 Å². The number of ether oxygens (including phenoxy) is 3. The van der Waals surface area contributed by atoms with E-state index in [1.165, 1.54) is 5.56 Å². The monoisotopic (exact) mass is 501 g/mol. The second-order valence-electron chi connectivity index (χ2n) is 9.20. The number of amides is 1. The SMILES string of the molecule is COc1ccc(C(=O)NCc2nc3ccccc3n2CCCCOc2ccc(C(C)C)cc2)cc1OC. The minimum absolute atomic E-state index is 0.198. The molecule has 0 saturated heterocycles. The van der Waals surface area contributed by atoms with Gasteiger partial charge in [-0.1, -0.05) is 38.1 Å². The maximum atomic E-state index is 12.8. The highest BCUT2D eigenvalue weighted by Crippen LogP contribution is 2.27. The Balaban J connectivity index is 1.36. The number of hydrogen-bond donors (Lipinski definition) is 1. The predicted octanol–water partition coefficient (Wildman–Crippen LogP) is 5.97. The zero-order valence-electron chi connectivity index (χ0n) is 22.0. The number of carbonyl (C=O) groups excluding carboxylic acids is 1. The maximum Gasteiger partial charge on any atom is 0.251 e. The van der Waals surface area contributed by atoms with Crippen LogP contribution >= 0.6 is 0 Å². The molecule has 7 nitrogen and oxygen atoms in total. The molecule has 1 aromatic heterocycles. The zero-order valence-corrected chi connectivity index (χ0v) is 22.0. The van der Waals surface area contributed by atoms with Crippen molar-refractivity contribution in [1.82, 2.24) is 14.9 Å². The van der Waals surface area contributed by atoms with E-state index in [1.807, 2.05) is 30.3 Å². The zero-order chi connectivity index (χ0) is 26.2. The molecule has 0 aliphatic heterocycles. The summed E-state index contributed by atoms with van der Waals surface area (Å²) < 4.78 is 18.7. The number of aryl methyl sites for hydroxylation is 1. The molecule has 1 amide bonds. The fourth-order valence-electron chi connectivity index (χ4n) is 4.26. The smallest absolute Gasteiger partial charge is 0.251 e. The van der Waals surface area contributed by atoms with E-state index in [2.05, 4.69) is 41.9 Å². The summed E-state index contributed by atoms with van der Waals surface area (Å²) in [5, 5.41) is 3.00. The normalized spacial score (nSPS) is 11.1. The van der Waals surface area contributed by atoms with Crippen molar-refractivity contribution >= 4 is 16.9 Å². The first-order valence-electron chi connectivity index (χ1n) is 12.7. The number of rotatable bonds is 12. The number of nitrogens with one attached hydrogen (secondary N) is 1. The van der Waals surface area contributed by atoms with E-state index in [1.54, 1.807) is 32.4 Å². The molecule has 0 spiro atoms. The highest BCUT2D eigenvalue weighted by molar-refractivity contribution is 5.94. The van der Waals surface area contributed by atoms with Gasteiger partial charge in [0, 0.05) is 12.1 Å². The predicted molar refractivity (Wildman–Crippen MR) is 146 cm³/mol. The topological polar surface area (TPSA) is 74.6 Å². The van der Waals surface area contributed by atoms with E-state index in [4.69, 9.17) is 19.2 Å². The molecule has 0 saturated carbocycles. The summed E-state index contributed by atoms with van der Waals surface area (Å²) >= 11 is 0. The van der Waals surface area contributed by atoms with Gasteiger partial charge in [-0.3, -0.25) is 4.79 Å². The van der Waals surface area contributed by atoms with E-state index in [-0.39, 0.29) is 5.91 Å². The van der Waals surface area contributed by atoms with Crippen LogP contribution in [-0.2, 0) is 13.1 Å². The second kappa shape index (κ2) is 12.3. The average molecular weight is 502 g/mol. The van der Waals surface area contributed by atoms with Crippen LogP contribution in [0.5, 0.6) is 17.2 Å². The van der Waals surface area contributed by atoms with Crippen LogP contribution in [0.3, 0.4) is 0 Å². The van der Waals surface area contributed by atoms with Crippen molar-refractivity contribution in [3.8, 4) is 17.2 Å². The number of imidazole rings is 1. The van der Waals surface area contributed by atoms with Crippen LogP contribution in [0.4, 0.5) is 0 Å². The molecule has 4 rings (SSSR count). The first kappa shape index (κ1) is 26.1. The molecule has 0 bridgehead atoms. The van der Waals surface area contributed by atoms with Gasteiger partial charge in [0.2, 0.25) is 0 Å². The molecule has 1 N–H and O–H groups in total. The molecule has 4 aromatic rings. The van der Waals surface area contributed by atoms with Gasteiger partial charge >= 0.3 is 0 Å². The Hall–Kier alpha value is -4.00. The van der Waals surface area contributed by atoms with E-state index in [9.17, 15) is 4.79 Å². The Morgan fingerprint density at radius 3 is 2.43 bits per heavy atom. The standard InChI is InChI=1S/C30H35N3O4/c1-21(2)22-11-14-24(15-12-22)37-18-8-7-17-33-26-10-6-5-9-25(26)32-29(33)20-31-30(34)23-13-16-27(35-3)28(19-23)36-4/h5-6,9-16,19,21H,7-8,17-18,20H2,1-4H3,(H,31,34). The van der Waals surface area contributed by atoms with E-state index >= 15 is 0 Å². The molecule has 1 heterocycles. The molecule has 0 fully saturated rings. The van der Waals surface area contributed by atoms with Crippen molar-refractivity contribution in [2.75, 3.05) is 20.8 Å². The number of para-hydroxylation sites is 2. The first-order valence-corrected chi connectivity index (χ1v) is 12.7. The number of fused-ring (bicyclic) bond motifs is 1. The van der Waals surface area contributed by atoms with Gasteiger partial charge in [-0.2, -0.15) is 0 Å². The number of aromatic nitrogens is 2. The average Bonchev–Trinajstić information content (AvgIpc) is 3.28. The van der Waals surface area contributed by atoms with Gasteiger partial charge in [0.1, 0.15) is 11.6 Å². The molecule has 37 heavy (non-hydrogen) atoms. The summed E-state index contributed by atoms with van der Waals surface area (Å²) in [6, 6.07) is 21.5. The second-order valence-corrected chi connectivity index (χ2v) is 9.20. The quantitative estimate of drug-likeness (QED) is 0.242. The molecule has 0 radical (unpaired) electrons. The van der Waals surface area contributed by atoms with Crippen molar-refractivity contribution in [3.63, 3.8) is 0 Å². The summed E-state index contributed by atoms with van der Waals surface area (Å²) in [4.78, 5) is 17.6. The Morgan fingerprint density at radius 2 is 1.70 bits per heavy atom. The molecular weight excluding hydrogens is 466 g/mol. The largest absolute Gasteiger partial charge is 0.494 e. The van der Waals surface area contributed by atoms with Crippen molar-refractivity contribution in [1.29, 1.82) is 0 Å². The number of benzene rings is 3. The van der Waals surface area contributed by atoms with Gasteiger partial charge in [-0.25, -0.2) is 4.98 Å². The van der Waals surface area contributed by atoms with E-state index in [0.29, 0.717) is 36.1 Å². The van der Waals surface area contributed by atoms with Crippen LogP contribution in [-0.4, -0.2) is 36.3 Å². The number of unbranched alkanes of at least 4 members (excludes halogenated alkanes) is 1. The summed E-state index contributed by atoms with van der Waals surface area (Å²) in [6.07, 6.45) is 1.84. The number of carbonyl (C=O) groups is 1. The first-order chi connectivity index (χ1) is 18.0. The fraction of sp³-hybridized carbons (Fsp3) is 0.333. The Bertz CT molecular complexity index is 1330. The summed E-state index contributed by atoms with van der Waals surface area (Å²) in [7, 11) is 3.12. The van der Waals surface area contributed by atoms with Crippen LogP contribution in [0.1, 0.15) is 54.4 Å². The van der Waals surface area contributed by atoms with Gasteiger partial charge in [0.15, 0.2) is 11.5 Å². The lowest BCUT2D eigenvalue weighted by Gasteiger charge is -2.12. The third kappa shape index (κ3) is 6.42. The lowest BCUT2D eigenvalue weighted by Crippen LogP contribution is -2.25. The molecule has 7 heteroatoms. The van der Waals surface area contributed by atoms with Crippen molar-refractivity contribution in [3.05, 3.63) is 83.7 Å². The maximum absolute atomic E-state index is 12.8. The Labute approximate surface area is 218 Å². The minimum atomic E-state index is -0.198.